The Labute approximate surface area is 191 Å². The summed E-state index contributed by atoms with van der Waals surface area (Å²) in [6.45, 7) is 6.41. The fourth-order valence-corrected chi connectivity index (χ4v) is 4.47. The molecule has 1 saturated heterocycles. The highest BCUT2D eigenvalue weighted by atomic mass is 16.5. The lowest BCUT2D eigenvalue weighted by molar-refractivity contribution is 0.341. The van der Waals surface area contributed by atoms with Crippen LogP contribution in [0.3, 0.4) is 0 Å². The lowest BCUT2D eigenvalue weighted by Crippen LogP contribution is -2.46. The van der Waals surface area contributed by atoms with Gasteiger partial charge >= 0.3 is 0 Å². The quantitative estimate of drug-likeness (QED) is 0.426. The van der Waals surface area contributed by atoms with Gasteiger partial charge in [0.25, 0.3) is 0 Å². The summed E-state index contributed by atoms with van der Waals surface area (Å²) in [4.78, 5) is 17.5. The summed E-state index contributed by atoms with van der Waals surface area (Å²) in [6.07, 6.45) is 1.85. The predicted octanol–water partition coefficient (Wildman–Crippen LogP) is 4.23. The van der Waals surface area contributed by atoms with E-state index in [0.717, 1.165) is 71.2 Å². The molecule has 8 heteroatoms. The number of nitrogens with one attached hydrogen (secondary N) is 2. The van der Waals surface area contributed by atoms with Crippen LogP contribution in [0.5, 0.6) is 5.75 Å². The van der Waals surface area contributed by atoms with E-state index in [9.17, 15) is 0 Å². The third-order valence-electron chi connectivity index (χ3n) is 6.15. The molecule has 1 aliphatic heterocycles. The molecular formula is C25H25N7O. The van der Waals surface area contributed by atoms with Crippen LogP contribution in [0.1, 0.15) is 6.92 Å². The summed E-state index contributed by atoms with van der Waals surface area (Å²) in [7, 11) is 0. The zero-order chi connectivity index (χ0) is 22.2. The number of H-pyrrole nitrogens is 2. The van der Waals surface area contributed by atoms with Gasteiger partial charge < -0.3 is 19.5 Å². The number of fused-ring (bicyclic) bond motifs is 2. The van der Waals surface area contributed by atoms with Crippen molar-refractivity contribution in [3.63, 3.8) is 0 Å². The molecule has 0 saturated carbocycles. The highest BCUT2D eigenvalue weighted by Gasteiger charge is 2.19. The van der Waals surface area contributed by atoms with Crippen LogP contribution in [0.25, 0.3) is 33.5 Å². The maximum atomic E-state index is 5.67. The van der Waals surface area contributed by atoms with Crippen LogP contribution in [-0.2, 0) is 0 Å². The zero-order valence-electron chi connectivity index (χ0n) is 18.5. The normalized spacial score (nSPS) is 14.3. The molecule has 0 unspecified atom stereocenters. The monoisotopic (exact) mass is 439 g/mol. The summed E-state index contributed by atoms with van der Waals surface area (Å²) in [5.41, 5.74) is 4.89. The molecule has 0 aliphatic carbocycles. The van der Waals surface area contributed by atoms with E-state index in [-0.39, 0.29) is 0 Å². The summed E-state index contributed by atoms with van der Waals surface area (Å²) in [5.74, 6) is 2.63. The van der Waals surface area contributed by atoms with Crippen molar-refractivity contribution in [3.05, 3.63) is 60.8 Å². The first-order valence-corrected chi connectivity index (χ1v) is 11.3. The van der Waals surface area contributed by atoms with Gasteiger partial charge in [0.05, 0.1) is 23.2 Å². The lowest BCUT2D eigenvalue weighted by atomic mass is 10.2. The molecule has 0 atom stereocenters. The molecule has 166 valence electrons. The van der Waals surface area contributed by atoms with E-state index < -0.39 is 0 Å². The maximum absolute atomic E-state index is 5.67. The van der Waals surface area contributed by atoms with Gasteiger partial charge in [0.15, 0.2) is 5.82 Å². The Morgan fingerprint density at radius 2 is 1.82 bits per heavy atom. The van der Waals surface area contributed by atoms with Crippen LogP contribution < -0.4 is 14.5 Å². The van der Waals surface area contributed by atoms with E-state index in [1.54, 1.807) is 0 Å². The van der Waals surface area contributed by atoms with E-state index in [2.05, 4.69) is 54.2 Å². The minimum Gasteiger partial charge on any atom is -0.494 e. The summed E-state index contributed by atoms with van der Waals surface area (Å²) in [5, 5.41) is 8.60. The lowest BCUT2D eigenvalue weighted by Gasteiger charge is -2.36. The van der Waals surface area contributed by atoms with Crippen LogP contribution in [0, 0.1) is 0 Å². The zero-order valence-corrected chi connectivity index (χ0v) is 18.5. The Kier molecular flexibility index (Phi) is 4.83. The largest absolute Gasteiger partial charge is 0.494 e. The molecule has 1 aliphatic rings. The Bertz CT molecular complexity index is 1400. The number of imidazole rings is 1. The van der Waals surface area contributed by atoms with Gasteiger partial charge in [-0.15, -0.1) is 0 Å². The number of rotatable bonds is 5. The van der Waals surface area contributed by atoms with Crippen molar-refractivity contribution in [2.75, 3.05) is 42.6 Å². The number of ether oxygens (including phenoxy) is 1. The minimum atomic E-state index is 0.627. The molecule has 5 aromatic rings. The number of aromatic amines is 2. The van der Waals surface area contributed by atoms with E-state index >= 15 is 0 Å². The molecule has 0 amide bonds. The second kappa shape index (κ2) is 8.12. The molecule has 4 heterocycles. The van der Waals surface area contributed by atoms with E-state index in [1.165, 1.54) is 5.69 Å². The molecule has 0 radical (unpaired) electrons. The average Bonchev–Trinajstić information content (AvgIpc) is 3.48. The first-order valence-electron chi connectivity index (χ1n) is 11.3. The van der Waals surface area contributed by atoms with Crippen molar-refractivity contribution in [2.24, 2.45) is 0 Å². The summed E-state index contributed by atoms with van der Waals surface area (Å²) >= 11 is 0. The van der Waals surface area contributed by atoms with E-state index in [0.29, 0.717) is 6.61 Å². The highest BCUT2D eigenvalue weighted by molar-refractivity contribution is 5.94. The molecule has 2 aromatic carbocycles. The van der Waals surface area contributed by atoms with Gasteiger partial charge in [-0.2, -0.15) is 5.10 Å². The van der Waals surface area contributed by atoms with Crippen molar-refractivity contribution in [1.82, 2.24) is 25.1 Å². The average molecular weight is 440 g/mol. The highest BCUT2D eigenvalue weighted by Crippen LogP contribution is 2.30. The number of piperazine rings is 1. The number of hydrogen-bond acceptors (Lipinski definition) is 6. The van der Waals surface area contributed by atoms with E-state index in [1.807, 2.05) is 43.5 Å². The minimum absolute atomic E-state index is 0.627. The Morgan fingerprint density at radius 1 is 0.939 bits per heavy atom. The summed E-state index contributed by atoms with van der Waals surface area (Å²) < 4.78 is 5.67. The van der Waals surface area contributed by atoms with Gasteiger partial charge in [0, 0.05) is 43.4 Å². The molecule has 1 fully saturated rings. The van der Waals surface area contributed by atoms with Crippen LogP contribution >= 0.6 is 0 Å². The summed E-state index contributed by atoms with van der Waals surface area (Å²) in [6, 6.07) is 18.4. The Morgan fingerprint density at radius 3 is 2.64 bits per heavy atom. The number of anilines is 2. The van der Waals surface area contributed by atoms with Crippen molar-refractivity contribution in [1.29, 1.82) is 0 Å². The van der Waals surface area contributed by atoms with Crippen LogP contribution in [-0.4, -0.2) is 57.9 Å². The molecule has 2 N–H and O–H groups in total. The van der Waals surface area contributed by atoms with Crippen LogP contribution in [0.2, 0.25) is 0 Å². The number of benzene rings is 2. The van der Waals surface area contributed by atoms with Gasteiger partial charge in [-0.3, -0.25) is 5.10 Å². The number of aromatic nitrogens is 5. The second-order valence-electron chi connectivity index (χ2n) is 8.16. The molecule has 8 nitrogen and oxygen atoms in total. The third-order valence-corrected chi connectivity index (χ3v) is 6.15. The first-order chi connectivity index (χ1) is 16.3. The predicted molar refractivity (Wildman–Crippen MR) is 131 cm³/mol. The topological polar surface area (TPSA) is 86.0 Å². The molecule has 0 bridgehead atoms. The van der Waals surface area contributed by atoms with Gasteiger partial charge in [0.2, 0.25) is 0 Å². The number of nitrogens with zero attached hydrogens (tertiary/aromatic N) is 5. The van der Waals surface area contributed by atoms with Crippen molar-refractivity contribution in [2.45, 2.75) is 6.92 Å². The third kappa shape index (κ3) is 3.63. The smallest absolute Gasteiger partial charge is 0.159 e. The van der Waals surface area contributed by atoms with Crippen molar-refractivity contribution < 1.29 is 4.74 Å². The van der Waals surface area contributed by atoms with Crippen molar-refractivity contribution >= 4 is 33.4 Å². The van der Waals surface area contributed by atoms with Crippen LogP contribution in [0.15, 0.2) is 60.8 Å². The standard InChI is InChI=1S/C25H25N7O/c1-2-33-18-7-9-20-19(16-18)24(30-29-20)25-27-21-8-6-17(15-22(21)28-25)31-11-13-32(14-12-31)23-5-3-4-10-26-23/h3-10,15-16H,2,11-14H2,1H3,(H,27,28)(H,29,30). The van der Waals surface area contributed by atoms with Crippen LogP contribution in [0.4, 0.5) is 11.5 Å². The molecule has 6 rings (SSSR count). The Balaban J connectivity index is 1.26. The second-order valence-corrected chi connectivity index (χ2v) is 8.16. The van der Waals surface area contributed by atoms with Gasteiger partial charge in [-0.25, -0.2) is 9.97 Å². The first kappa shape index (κ1) is 19.6. The number of hydrogen-bond donors (Lipinski definition) is 2. The molecule has 0 spiro atoms. The number of pyridine rings is 1. The van der Waals surface area contributed by atoms with Gasteiger partial charge in [-0.1, -0.05) is 6.07 Å². The fraction of sp³-hybridized carbons (Fsp3) is 0.240. The molecular weight excluding hydrogens is 414 g/mol. The molecule has 3 aromatic heterocycles. The fourth-order valence-electron chi connectivity index (χ4n) is 4.47. The van der Waals surface area contributed by atoms with Gasteiger partial charge in [-0.05, 0) is 55.5 Å². The Hall–Kier alpha value is -4.07. The van der Waals surface area contributed by atoms with Gasteiger partial charge in [0.1, 0.15) is 17.3 Å². The van der Waals surface area contributed by atoms with E-state index in [4.69, 9.17) is 9.72 Å². The molecule has 33 heavy (non-hydrogen) atoms. The SMILES string of the molecule is CCOc1ccc2[nH]nc(-c3nc4ccc(N5CCN(c6ccccn6)CC5)cc4[nH]3)c2c1. The van der Waals surface area contributed by atoms with Crippen molar-refractivity contribution in [3.8, 4) is 17.3 Å². The maximum Gasteiger partial charge on any atom is 0.159 e.